The first-order chi connectivity index (χ1) is 7.13. The molecule has 0 aromatic heterocycles. The Morgan fingerprint density at radius 1 is 1.40 bits per heavy atom. The molecular formula is C13H16O2. The molecular weight excluding hydrogens is 188 g/mol. The Balaban J connectivity index is 2.17. The highest BCUT2D eigenvalue weighted by atomic mass is 16.5. The normalized spacial score (nSPS) is 23.6. The van der Waals surface area contributed by atoms with Crippen LogP contribution in [0.4, 0.5) is 0 Å². The van der Waals surface area contributed by atoms with Crippen molar-refractivity contribution in [2.45, 2.75) is 26.7 Å². The summed E-state index contributed by atoms with van der Waals surface area (Å²) in [5, 5.41) is 0. The third-order valence-corrected chi connectivity index (χ3v) is 3.10. The van der Waals surface area contributed by atoms with Gasteiger partial charge in [-0.2, -0.15) is 0 Å². The van der Waals surface area contributed by atoms with Gasteiger partial charge >= 0.3 is 0 Å². The third kappa shape index (κ3) is 2.04. The van der Waals surface area contributed by atoms with E-state index in [2.05, 4.69) is 32.0 Å². The highest BCUT2D eigenvalue weighted by molar-refractivity contribution is 5.39. The fourth-order valence-corrected chi connectivity index (χ4v) is 2.41. The molecule has 2 nitrogen and oxygen atoms in total. The smallest absolute Gasteiger partial charge is 0.293 e. The van der Waals surface area contributed by atoms with Crippen LogP contribution in [0.25, 0.3) is 0 Å². The van der Waals surface area contributed by atoms with Crippen molar-refractivity contribution < 1.29 is 9.53 Å². The molecule has 1 aromatic rings. The summed E-state index contributed by atoms with van der Waals surface area (Å²) in [4.78, 5) is 10.2. The van der Waals surface area contributed by atoms with Gasteiger partial charge in [0.15, 0.2) is 0 Å². The molecule has 1 unspecified atom stereocenters. The number of rotatable bonds is 3. The highest BCUT2D eigenvalue weighted by Crippen LogP contribution is 2.37. The van der Waals surface area contributed by atoms with Crippen molar-refractivity contribution >= 4 is 6.47 Å². The number of carbonyl (C=O) groups excluding carboxylic acids is 1. The second kappa shape index (κ2) is 3.69. The Morgan fingerprint density at radius 2 is 2.13 bits per heavy atom. The average molecular weight is 204 g/mol. The van der Waals surface area contributed by atoms with E-state index in [9.17, 15) is 4.79 Å². The zero-order valence-corrected chi connectivity index (χ0v) is 9.25. The van der Waals surface area contributed by atoms with Gasteiger partial charge < -0.3 is 4.74 Å². The summed E-state index contributed by atoms with van der Waals surface area (Å²) >= 11 is 0. The van der Waals surface area contributed by atoms with Crippen LogP contribution < -0.4 is 0 Å². The van der Waals surface area contributed by atoms with Crippen LogP contribution in [0.3, 0.4) is 0 Å². The molecule has 0 heterocycles. The van der Waals surface area contributed by atoms with E-state index in [4.69, 9.17) is 4.74 Å². The molecule has 0 fully saturated rings. The molecule has 1 atom stereocenters. The summed E-state index contributed by atoms with van der Waals surface area (Å²) in [6.45, 7) is 5.34. The van der Waals surface area contributed by atoms with Crippen molar-refractivity contribution in [2.24, 2.45) is 5.41 Å². The molecule has 2 heteroatoms. The maximum atomic E-state index is 10.2. The lowest BCUT2D eigenvalue weighted by Crippen LogP contribution is -2.23. The highest BCUT2D eigenvalue weighted by Gasteiger charge is 2.33. The van der Waals surface area contributed by atoms with Gasteiger partial charge in [0.25, 0.3) is 6.47 Å². The van der Waals surface area contributed by atoms with Crippen molar-refractivity contribution in [2.75, 3.05) is 6.61 Å². The number of fused-ring (bicyclic) bond motifs is 1. The SMILES string of the molecule is Cc1ccc2c(c1)CC(C)(COC=O)C2. The minimum atomic E-state index is 0.0943. The predicted molar refractivity (Wildman–Crippen MR) is 58.7 cm³/mol. The topological polar surface area (TPSA) is 26.3 Å². The minimum absolute atomic E-state index is 0.0943. The Bertz CT molecular complexity index is 384. The Hall–Kier alpha value is -1.31. The summed E-state index contributed by atoms with van der Waals surface area (Å²) in [6, 6.07) is 6.57. The van der Waals surface area contributed by atoms with Crippen LogP contribution in [0.1, 0.15) is 23.6 Å². The third-order valence-electron chi connectivity index (χ3n) is 3.10. The first-order valence-corrected chi connectivity index (χ1v) is 5.27. The molecule has 0 saturated carbocycles. The second-order valence-corrected chi connectivity index (χ2v) is 4.84. The molecule has 0 amide bonds. The van der Waals surface area contributed by atoms with Crippen molar-refractivity contribution in [3.05, 3.63) is 34.9 Å². The largest absolute Gasteiger partial charge is 0.467 e. The zero-order chi connectivity index (χ0) is 10.9. The standard InChI is InChI=1S/C13H16O2/c1-10-3-4-11-6-13(2,8-15-9-14)7-12(11)5-10/h3-5,9H,6-8H2,1-2H3. The van der Waals surface area contributed by atoms with Crippen LogP contribution in [0.15, 0.2) is 18.2 Å². The van der Waals surface area contributed by atoms with Crippen LogP contribution in [0.5, 0.6) is 0 Å². The van der Waals surface area contributed by atoms with Crippen molar-refractivity contribution in [1.82, 2.24) is 0 Å². The number of hydrogen-bond acceptors (Lipinski definition) is 2. The van der Waals surface area contributed by atoms with Crippen molar-refractivity contribution in [3.63, 3.8) is 0 Å². The molecule has 80 valence electrons. The lowest BCUT2D eigenvalue weighted by Gasteiger charge is -2.21. The molecule has 15 heavy (non-hydrogen) atoms. The van der Waals surface area contributed by atoms with E-state index < -0.39 is 0 Å². The molecule has 1 aliphatic carbocycles. The number of aryl methyl sites for hydroxylation is 1. The van der Waals surface area contributed by atoms with Gasteiger partial charge in [0.2, 0.25) is 0 Å². The van der Waals surface area contributed by atoms with Gasteiger partial charge in [0.05, 0.1) is 6.61 Å². The van der Waals surface area contributed by atoms with E-state index in [1.807, 2.05) is 0 Å². The van der Waals surface area contributed by atoms with Gasteiger partial charge in [-0.1, -0.05) is 30.7 Å². The fourth-order valence-electron chi connectivity index (χ4n) is 2.41. The maximum Gasteiger partial charge on any atom is 0.293 e. The summed E-state index contributed by atoms with van der Waals surface area (Å²) in [6.07, 6.45) is 2.02. The van der Waals surface area contributed by atoms with Crippen molar-refractivity contribution in [3.8, 4) is 0 Å². The van der Waals surface area contributed by atoms with E-state index in [1.165, 1.54) is 16.7 Å². The maximum absolute atomic E-state index is 10.2. The van der Waals surface area contributed by atoms with Crippen LogP contribution in [0, 0.1) is 12.3 Å². The van der Waals surface area contributed by atoms with Gasteiger partial charge in [-0.25, -0.2) is 0 Å². The van der Waals surface area contributed by atoms with Gasteiger partial charge in [0.1, 0.15) is 0 Å². The Labute approximate surface area is 90.3 Å². The summed E-state index contributed by atoms with van der Waals surface area (Å²) in [5.41, 5.74) is 4.20. The molecule has 2 rings (SSSR count). The van der Waals surface area contributed by atoms with Gasteiger partial charge in [-0.15, -0.1) is 0 Å². The van der Waals surface area contributed by atoms with E-state index >= 15 is 0 Å². The van der Waals surface area contributed by atoms with E-state index in [0.29, 0.717) is 13.1 Å². The second-order valence-electron chi connectivity index (χ2n) is 4.84. The van der Waals surface area contributed by atoms with Crippen LogP contribution in [-0.4, -0.2) is 13.1 Å². The zero-order valence-electron chi connectivity index (χ0n) is 9.25. The number of carbonyl (C=O) groups is 1. The quantitative estimate of drug-likeness (QED) is 0.706. The Kier molecular flexibility index (Phi) is 2.51. The van der Waals surface area contributed by atoms with E-state index in [1.54, 1.807) is 0 Å². The molecule has 1 aromatic carbocycles. The van der Waals surface area contributed by atoms with Crippen LogP contribution >= 0.6 is 0 Å². The molecule has 0 radical (unpaired) electrons. The number of benzene rings is 1. The lowest BCUT2D eigenvalue weighted by molar-refractivity contribution is -0.131. The first-order valence-electron chi connectivity index (χ1n) is 5.27. The number of ether oxygens (including phenoxy) is 1. The summed E-state index contributed by atoms with van der Waals surface area (Å²) < 4.78 is 4.90. The molecule has 0 N–H and O–H groups in total. The van der Waals surface area contributed by atoms with E-state index in [-0.39, 0.29) is 5.41 Å². The fraction of sp³-hybridized carbons (Fsp3) is 0.462. The van der Waals surface area contributed by atoms with Gasteiger partial charge in [0, 0.05) is 5.41 Å². The molecule has 0 aliphatic heterocycles. The van der Waals surface area contributed by atoms with Gasteiger partial charge in [-0.05, 0) is 30.9 Å². The minimum Gasteiger partial charge on any atom is -0.467 e. The van der Waals surface area contributed by atoms with Crippen LogP contribution in [0.2, 0.25) is 0 Å². The van der Waals surface area contributed by atoms with E-state index in [0.717, 1.165) is 12.8 Å². The van der Waals surface area contributed by atoms with Crippen molar-refractivity contribution in [1.29, 1.82) is 0 Å². The first kappa shape index (κ1) is 10.2. The molecule has 0 bridgehead atoms. The monoisotopic (exact) mass is 204 g/mol. The summed E-state index contributed by atoms with van der Waals surface area (Å²) in [7, 11) is 0. The molecule has 0 saturated heterocycles. The predicted octanol–water partition coefficient (Wildman–Crippen LogP) is 2.27. The average Bonchev–Trinajstić information content (AvgIpc) is 2.51. The number of hydrogen-bond donors (Lipinski definition) is 0. The molecule has 0 spiro atoms. The summed E-state index contributed by atoms with van der Waals surface area (Å²) in [5.74, 6) is 0. The molecule has 1 aliphatic rings. The lowest BCUT2D eigenvalue weighted by atomic mass is 9.88. The van der Waals surface area contributed by atoms with Crippen LogP contribution in [-0.2, 0) is 22.4 Å². The Morgan fingerprint density at radius 3 is 2.87 bits per heavy atom. The van der Waals surface area contributed by atoms with Gasteiger partial charge in [-0.3, -0.25) is 4.79 Å².